The molecule has 0 radical (unpaired) electrons. The number of carboxylic acid groups (broad SMARTS) is 1. The number of carbonyl (C=O) groups excluding carboxylic acids is 2. The monoisotopic (exact) mass is 886 g/mol. The van der Waals surface area contributed by atoms with Gasteiger partial charge in [-0.15, -0.1) is 0 Å². The maximum Gasteiger partial charge on any atom is 0.309 e. The van der Waals surface area contributed by atoms with Crippen LogP contribution in [0, 0.1) is 73.3 Å². The van der Waals surface area contributed by atoms with E-state index in [-0.39, 0.29) is 57.6 Å². The molecule has 6 aliphatic carbocycles. The summed E-state index contributed by atoms with van der Waals surface area (Å²) < 4.78 is 31.9. The first-order valence-electron chi connectivity index (χ1n) is 24.8. The van der Waals surface area contributed by atoms with E-state index in [0.717, 1.165) is 81.3 Å². The van der Waals surface area contributed by atoms with Crippen LogP contribution < -0.4 is 0 Å². The second-order valence-corrected chi connectivity index (χ2v) is 24.2. The van der Waals surface area contributed by atoms with Gasteiger partial charge < -0.3 is 29.2 Å². The van der Waals surface area contributed by atoms with Gasteiger partial charge in [-0.05, 0) is 172 Å². The van der Waals surface area contributed by atoms with Gasteiger partial charge in [-0.25, -0.2) is 9.37 Å². The second kappa shape index (κ2) is 15.9. The van der Waals surface area contributed by atoms with Crippen molar-refractivity contribution in [2.45, 2.75) is 164 Å². The number of carboxylic acids is 1. The number of benzene rings is 1. The number of hydrogen-bond donors (Lipinski definition) is 2. The number of likely N-dealkylation sites (tertiary alicyclic amines) is 1. The molecule has 7 aliphatic rings. The molecule has 64 heavy (non-hydrogen) atoms. The standard InChI is InChI=1S/C53H76FN3O7/c1-47(2,46(60)61)29-42(58)64-41-18-19-50(6)39(48(41,3)4)17-20-52(8)40(50)15-14-36-43-35(49(5)22-23-49)16-21-53(43,25-24-51(36,52)7)45(59)57-31-34(63-27-26-62-9)28-38(57)44-55-30-37(56-44)32-10-12-33(54)13-11-32/h10-13,30,34-36,38-41,43H,14-29,31H2,1-9H3,(H,55,56)(H,60,61)/t34-,35?,36-,38+,39+,40-,41+,43-,50+,51-,52-,53+/m1/s1. The Morgan fingerprint density at radius 1 is 0.859 bits per heavy atom. The zero-order valence-corrected chi connectivity index (χ0v) is 40.2. The minimum Gasteiger partial charge on any atom is -0.481 e. The average Bonchev–Trinajstić information content (AvgIpc) is 3.57. The zero-order chi connectivity index (χ0) is 45.8. The Labute approximate surface area is 380 Å². The number of halogens is 1. The summed E-state index contributed by atoms with van der Waals surface area (Å²) in [5.74, 6) is 1.57. The van der Waals surface area contributed by atoms with Crippen LogP contribution in [0.1, 0.15) is 157 Å². The zero-order valence-electron chi connectivity index (χ0n) is 40.2. The number of aliphatic carboxylic acids is 1. The van der Waals surface area contributed by atoms with Crippen LogP contribution in [-0.4, -0.2) is 76.9 Å². The number of nitrogens with one attached hydrogen (secondary N) is 1. The predicted octanol–water partition coefficient (Wildman–Crippen LogP) is 10.8. The first-order chi connectivity index (χ1) is 30.1. The number of rotatable bonds is 12. The Morgan fingerprint density at radius 2 is 1.59 bits per heavy atom. The number of methoxy groups -OCH3 is 1. The Balaban J connectivity index is 1.01. The van der Waals surface area contributed by atoms with Crippen LogP contribution in [0.2, 0.25) is 0 Å². The molecule has 1 aromatic heterocycles. The number of aromatic nitrogens is 2. The fourth-order valence-electron chi connectivity index (χ4n) is 16.4. The van der Waals surface area contributed by atoms with Gasteiger partial charge >= 0.3 is 11.9 Å². The first kappa shape index (κ1) is 45.8. The van der Waals surface area contributed by atoms with Crippen molar-refractivity contribution < 1.29 is 38.1 Å². The SMILES string of the molecule is COCCO[C@@H]1C[C@@H](c2ncc(-c3ccc(F)cc3)[nH]2)N(C(=O)[C@]23CCC(C4(C)CC4)[C@@H]2[C@H]2CC[C@@H]4[C@@]5(C)CC[C@H](OC(=O)CC(C)(C)C(=O)O)C(C)(C)[C@@H]5CC[C@@]4(C)[C@]2(C)CC3)C1. The average molecular weight is 886 g/mol. The van der Waals surface area contributed by atoms with E-state index in [1.54, 1.807) is 33.1 Å². The summed E-state index contributed by atoms with van der Waals surface area (Å²) in [6.07, 6.45) is 14.7. The number of ether oxygens (including phenoxy) is 3. The highest BCUT2D eigenvalue weighted by molar-refractivity contribution is 5.85. The molecular formula is C53H76FN3O7. The van der Waals surface area contributed by atoms with Gasteiger partial charge in [0.05, 0.1) is 54.5 Å². The molecular weight excluding hydrogens is 810 g/mol. The molecule has 1 saturated heterocycles. The van der Waals surface area contributed by atoms with E-state index in [1.165, 1.54) is 25.0 Å². The van der Waals surface area contributed by atoms with Gasteiger partial charge in [0.2, 0.25) is 5.91 Å². The maximum atomic E-state index is 16.0. The molecule has 7 fully saturated rings. The quantitative estimate of drug-likeness (QED) is 0.159. The van der Waals surface area contributed by atoms with Crippen molar-refractivity contribution in [2.75, 3.05) is 26.9 Å². The minimum absolute atomic E-state index is 0.0728. The Hall–Kier alpha value is -3.31. The highest BCUT2D eigenvalue weighted by Crippen LogP contribution is 2.79. The van der Waals surface area contributed by atoms with E-state index < -0.39 is 22.8 Å². The van der Waals surface area contributed by atoms with Crippen molar-refractivity contribution in [3.63, 3.8) is 0 Å². The highest BCUT2D eigenvalue weighted by Gasteiger charge is 2.74. The van der Waals surface area contributed by atoms with Crippen LogP contribution in [0.25, 0.3) is 11.3 Å². The molecule has 1 unspecified atom stereocenters. The summed E-state index contributed by atoms with van der Waals surface area (Å²) in [4.78, 5) is 51.8. The molecule has 1 aliphatic heterocycles. The highest BCUT2D eigenvalue weighted by atomic mass is 19.1. The van der Waals surface area contributed by atoms with E-state index in [2.05, 4.69) is 51.4 Å². The molecule has 0 spiro atoms. The molecule has 2 aromatic rings. The van der Waals surface area contributed by atoms with Gasteiger partial charge in [-0.1, -0.05) is 41.5 Å². The van der Waals surface area contributed by atoms with Crippen molar-refractivity contribution in [3.05, 3.63) is 42.1 Å². The molecule has 1 amide bonds. The molecule has 10 nitrogen and oxygen atoms in total. The Morgan fingerprint density at radius 3 is 2.28 bits per heavy atom. The van der Waals surface area contributed by atoms with E-state index in [0.29, 0.717) is 61.7 Å². The molecule has 0 bridgehead atoms. The second-order valence-electron chi connectivity index (χ2n) is 24.2. The summed E-state index contributed by atoms with van der Waals surface area (Å²) in [7, 11) is 1.68. The van der Waals surface area contributed by atoms with Gasteiger partial charge in [-0.2, -0.15) is 0 Å². The van der Waals surface area contributed by atoms with Gasteiger partial charge in [0, 0.05) is 25.5 Å². The first-order valence-corrected chi connectivity index (χ1v) is 24.8. The van der Waals surface area contributed by atoms with Crippen molar-refractivity contribution in [1.29, 1.82) is 0 Å². The van der Waals surface area contributed by atoms with Crippen molar-refractivity contribution >= 4 is 17.8 Å². The summed E-state index contributed by atoms with van der Waals surface area (Å²) >= 11 is 0. The summed E-state index contributed by atoms with van der Waals surface area (Å²) in [6, 6.07) is 6.21. The smallest absolute Gasteiger partial charge is 0.309 e. The number of hydrogen-bond acceptors (Lipinski definition) is 7. The van der Waals surface area contributed by atoms with Gasteiger partial charge in [0.1, 0.15) is 17.7 Å². The molecule has 1 aromatic carbocycles. The van der Waals surface area contributed by atoms with Gasteiger partial charge in [0.25, 0.3) is 0 Å². The van der Waals surface area contributed by atoms with Crippen molar-refractivity contribution in [2.24, 2.45) is 67.5 Å². The van der Waals surface area contributed by atoms with Crippen molar-refractivity contribution in [1.82, 2.24) is 14.9 Å². The number of imidazole rings is 1. The summed E-state index contributed by atoms with van der Waals surface area (Å²) in [5.41, 5.74) is 0.346. The number of carbonyl (C=O) groups is 3. The fourth-order valence-corrected chi connectivity index (χ4v) is 16.4. The van der Waals surface area contributed by atoms with Crippen LogP contribution >= 0.6 is 0 Å². The Bertz CT molecular complexity index is 2110. The maximum absolute atomic E-state index is 16.0. The lowest BCUT2D eigenvalue weighted by atomic mass is 9.32. The van der Waals surface area contributed by atoms with Crippen LogP contribution in [0.3, 0.4) is 0 Å². The van der Waals surface area contributed by atoms with Crippen molar-refractivity contribution in [3.8, 4) is 11.3 Å². The van der Waals surface area contributed by atoms with E-state index in [4.69, 9.17) is 19.2 Å². The topological polar surface area (TPSA) is 131 Å². The molecule has 6 saturated carbocycles. The number of aromatic amines is 1. The third-order valence-electron chi connectivity index (χ3n) is 20.4. The fraction of sp³-hybridized carbons (Fsp3) is 0.774. The molecule has 12 atom stereocenters. The normalized spacial score (nSPS) is 39.6. The molecule has 2 N–H and O–H groups in total. The summed E-state index contributed by atoms with van der Waals surface area (Å²) in [5, 5.41) is 9.71. The van der Waals surface area contributed by atoms with Crippen LogP contribution in [0.4, 0.5) is 4.39 Å². The predicted molar refractivity (Wildman–Crippen MR) is 242 cm³/mol. The van der Waals surface area contributed by atoms with E-state index in [1.807, 2.05) is 6.20 Å². The largest absolute Gasteiger partial charge is 0.481 e. The number of H-pyrrole nitrogens is 1. The lowest BCUT2D eigenvalue weighted by molar-refractivity contribution is -0.251. The molecule has 2 heterocycles. The number of fused-ring (bicyclic) bond motifs is 7. The van der Waals surface area contributed by atoms with Crippen LogP contribution in [0.5, 0.6) is 0 Å². The lowest BCUT2D eigenvalue weighted by Gasteiger charge is -2.73. The number of esters is 1. The van der Waals surface area contributed by atoms with Crippen LogP contribution in [-0.2, 0) is 28.6 Å². The number of amides is 1. The van der Waals surface area contributed by atoms with Gasteiger partial charge in [0.15, 0.2) is 0 Å². The third kappa shape index (κ3) is 7.11. The lowest BCUT2D eigenvalue weighted by Crippen LogP contribution is -2.67. The number of nitrogens with zero attached hydrogens (tertiary/aromatic N) is 2. The third-order valence-corrected chi connectivity index (χ3v) is 20.4. The molecule has 11 heteroatoms. The molecule has 352 valence electrons. The minimum atomic E-state index is -1.17. The molecule has 9 rings (SSSR count). The van der Waals surface area contributed by atoms with Gasteiger partial charge in [-0.3, -0.25) is 14.4 Å². The van der Waals surface area contributed by atoms with Crippen LogP contribution in [0.15, 0.2) is 30.5 Å². The van der Waals surface area contributed by atoms with E-state index in [9.17, 15) is 19.1 Å². The van der Waals surface area contributed by atoms with E-state index >= 15 is 4.79 Å². The summed E-state index contributed by atoms with van der Waals surface area (Å²) in [6.45, 7) is 19.6. The Kier molecular flexibility index (Phi) is 11.4.